The average Bonchev–Trinajstić information content (AvgIpc) is 2.85. The van der Waals surface area contributed by atoms with Crippen LogP contribution < -0.4 is 5.32 Å². The molecule has 0 bridgehead atoms. The first kappa shape index (κ1) is 16.0. The summed E-state index contributed by atoms with van der Waals surface area (Å²) in [7, 11) is 0. The van der Waals surface area contributed by atoms with E-state index < -0.39 is 12.0 Å². The lowest BCUT2D eigenvalue weighted by Gasteiger charge is -2.09. The van der Waals surface area contributed by atoms with Crippen molar-refractivity contribution in [3.63, 3.8) is 0 Å². The van der Waals surface area contributed by atoms with Gasteiger partial charge in [-0.3, -0.25) is 0 Å². The molecule has 2 aromatic heterocycles. The normalized spacial score (nSPS) is 11.7. The zero-order valence-electron chi connectivity index (χ0n) is 11.2. The van der Waals surface area contributed by atoms with Gasteiger partial charge in [0.15, 0.2) is 4.34 Å². The quantitative estimate of drug-likeness (QED) is 0.844. The van der Waals surface area contributed by atoms with Gasteiger partial charge in [0.25, 0.3) is 0 Å². The molecule has 0 aliphatic rings. The highest BCUT2D eigenvalue weighted by Gasteiger charge is 2.35. The summed E-state index contributed by atoms with van der Waals surface area (Å²) in [5.74, 6) is -0.356. The Morgan fingerprint density at radius 2 is 2.00 bits per heavy atom. The van der Waals surface area contributed by atoms with Crippen molar-refractivity contribution in [3.8, 4) is 0 Å². The maximum Gasteiger partial charge on any atom is 0.451 e. The van der Waals surface area contributed by atoms with Gasteiger partial charge in [0.05, 0.1) is 0 Å². The summed E-state index contributed by atoms with van der Waals surface area (Å²) >= 11 is 2.19. The predicted molar refractivity (Wildman–Crippen MR) is 74.6 cm³/mol. The van der Waals surface area contributed by atoms with Crippen LogP contribution in [0.2, 0.25) is 0 Å². The van der Waals surface area contributed by atoms with Crippen molar-refractivity contribution in [2.75, 3.05) is 11.9 Å². The van der Waals surface area contributed by atoms with Crippen LogP contribution in [0, 0.1) is 0 Å². The van der Waals surface area contributed by atoms with E-state index in [0.29, 0.717) is 23.1 Å². The smallest absolute Gasteiger partial charge is 0.370 e. The zero-order valence-corrected chi connectivity index (χ0v) is 12.9. The minimum absolute atomic E-state index is 0.141. The molecule has 0 aromatic carbocycles. The molecule has 10 heteroatoms. The largest absolute Gasteiger partial charge is 0.451 e. The van der Waals surface area contributed by atoms with Gasteiger partial charge in [0, 0.05) is 19.0 Å². The van der Waals surface area contributed by atoms with Crippen molar-refractivity contribution in [2.45, 2.75) is 35.8 Å². The van der Waals surface area contributed by atoms with Crippen molar-refractivity contribution < 1.29 is 13.2 Å². The molecule has 0 spiro atoms. The molecule has 0 radical (unpaired) electrons. The molecule has 0 fully saturated rings. The Balaban J connectivity index is 2.30. The highest BCUT2D eigenvalue weighted by molar-refractivity contribution is 8.00. The maximum atomic E-state index is 12.8. The summed E-state index contributed by atoms with van der Waals surface area (Å²) in [5.41, 5.74) is 0. The highest BCUT2D eigenvalue weighted by atomic mass is 32.2. The van der Waals surface area contributed by atoms with Crippen LogP contribution in [0.25, 0.3) is 0 Å². The molecule has 1 N–H and O–H groups in total. The summed E-state index contributed by atoms with van der Waals surface area (Å²) < 4.78 is 43.0. The van der Waals surface area contributed by atoms with Crippen molar-refractivity contribution in [1.82, 2.24) is 19.3 Å². The summed E-state index contributed by atoms with van der Waals surface area (Å²) in [6, 6.07) is 1.47. The Morgan fingerprint density at radius 1 is 1.24 bits per heavy atom. The van der Waals surface area contributed by atoms with Crippen molar-refractivity contribution in [3.05, 3.63) is 17.7 Å². The summed E-state index contributed by atoms with van der Waals surface area (Å²) in [4.78, 5) is 11.2. The van der Waals surface area contributed by atoms with E-state index in [4.69, 9.17) is 0 Å². The Labute approximate surface area is 127 Å². The number of nitrogens with one attached hydrogen (secondary N) is 1. The van der Waals surface area contributed by atoms with Crippen LogP contribution in [0.5, 0.6) is 0 Å². The first-order valence-corrected chi connectivity index (χ1v) is 7.72. The Hall–Kier alpha value is -1.42. The van der Waals surface area contributed by atoms with Crippen LogP contribution in [-0.2, 0) is 12.6 Å². The standard InChI is InChI=1S/C11H12F3N5S2/c1-3-6-17-10(21-19-6)20-8-5-7(15-4-2)16-9(18-8)11(12,13)14/h5H,3-4H2,1-2H3,(H,15,16,18). The van der Waals surface area contributed by atoms with Crippen molar-refractivity contribution in [2.24, 2.45) is 0 Å². The lowest BCUT2D eigenvalue weighted by atomic mass is 10.5. The first-order chi connectivity index (χ1) is 9.92. The molecular weight excluding hydrogens is 323 g/mol. The van der Waals surface area contributed by atoms with Crippen molar-refractivity contribution >= 4 is 29.1 Å². The number of halogens is 3. The Bertz CT molecular complexity index is 614. The fourth-order valence-electron chi connectivity index (χ4n) is 1.39. The number of aryl methyl sites for hydroxylation is 1. The predicted octanol–water partition coefficient (Wildman–Crippen LogP) is 3.49. The molecule has 0 aliphatic carbocycles. The van der Waals surface area contributed by atoms with Gasteiger partial charge in [-0.15, -0.1) is 0 Å². The Kier molecular flexibility index (Phi) is 4.99. The molecule has 0 unspecified atom stereocenters. The molecule has 0 aliphatic heterocycles. The molecule has 0 amide bonds. The van der Waals surface area contributed by atoms with Gasteiger partial charge in [-0.25, -0.2) is 15.0 Å². The molecule has 21 heavy (non-hydrogen) atoms. The second-order valence-electron chi connectivity index (χ2n) is 3.88. The third kappa shape index (κ3) is 4.27. The molecular formula is C11H12F3N5S2. The van der Waals surface area contributed by atoms with E-state index in [1.54, 1.807) is 6.92 Å². The van der Waals surface area contributed by atoms with Gasteiger partial charge in [-0.05, 0) is 30.2 Å². The fourth-order valence-corrected chi connectivity index (χ4v) is 3.04. The fraction of sp³-hybridized carbons (Fsp3) is 0.455. The van der Waals surface area contributed by atoms with E-state index in [-0.39, 0.29) is 10.8 Å². The first-order valence-electron chi connectivity index (χ1n) is 6.13. The van der Waals surface area contributed by atoms with Crippen LogP contribution in [0.3, 0.4) is 0 Å². The van der Waals surface area contributed by atoms with E-state index in [1.807, 2.05) is 6.92 Å². The molecule has 0 saturated carbocycles. The van der Waals surface area contributed by atoms with E-state index in [9.17, 15) is 13.2 Å². The van der Waals surface area contributed by atoms with Crippen LogP contribution in [0.15, 0.2) is 15.4 Å². The highest BCUT2D eigenvalue weighted by Crippen LogP contribution is 2.33. The van der Waals surface area contributed by atoms with Gasteiger partial charge in [0.2, 0.25) is 5.82 Å². The molecule has 2 rings (SSSR count). The Morgan fingerprint density at radius 3 is 2.57 bits per heavy atom. The third-order valence-electron chi connectivity index (χ3n) is 2.27. The molecule has 5 nitrogen and oxygen atoms in total. The SMILES string of the molecule is CCNc1cc(Sc2nc(CC)ns2)nc(C(F)(F)F)n1. The van der Waals surface area contributed by atoms with Gasteiger partial charge >= 0.3 is 6.18 Å². The van der Waals surface area contributed by atoms with E-state index in [1.165, 1.54) is 6.07 Å². The number of hydrogen-bond acceptors (Lipinski definition) is 7. The monoisotopic (exact) mass is 335 g/mol. The number of hydrogen-bond donors (Lipinski definition) is 1. The lowest BCUT2D eigenvalue weighted by molar-refractivity contribution is -0.145. The molecule has 0 saturated heterocycles. The van der Waals surface area contributed by atoms with Gasteiger partial charge < -0.3 is 5.32 Å². The minimum Gasteiger partial charge on any atom is -0.370 e. The van der Waals surface area contributed by atoms with Crippen LogP contribution >= 0.6 is 23.3 Å². The summed E-state index contributed by atoms with van der Waals surface area (Å²) in [5, 5.41) is 2.95. The second-order valence-corrected chi connectivity index (χ2v) is 5.89. The molecule has 2 aromatic rings. The number of alkyl halides is 3. The second kappa shape index (κ2) is 6.56. The van der Waals surface area contributed by atoms with Crippen molar-refractivity contribution in [1.29, 1.82) is 0 Å². The minimum atomic E-state index is -4.59. The van der Waals surface area contributed by atoms with Crippen LogP contribution in [-0.4, -0.2) is 25.9 Å². The summed E-state index contributed by atoms with van der Waals surface area (Å²) in [6.45, 7) is 4.16. The topological polar surface area (TPSA) is 63.6 Å². The lowest BCUT2D eigenvalue weighted by Crippen LogP contribution is -2.13. The van der Waals surface area contributed by atoms with Gasteiger partial charge in [-0.2, -0.15) is 17.5 Å². The number of rotatable bonds is 5. The maximum absolute atomic E-state index is 12.8. The number of anilines is 1. The molecule has 2 heterocycles. The van der Waals surface area contributed by atoms with Crippen LogP contribution in [0.4, 0.5) is 19.0 Å². The molecule has 0 atom stereocenters. The van der Waals surface area contributed by atoms with E-state index in [0.717, 1.165) is 23.3 Å². The number of aromatic nitrogens is 4. The van der Waals surface area contributed by atoms with Gasteiger partial charge in [0.1, 0.15) is 16.7 Å². The zero-order chi connectivity index (χ0) is 15.5. The number of nitrogens with zero attached hydrogens (tertiary/aromatic N) is 4. The van der Waals surface area contributed by atoms with E-state index >= 15 is 0 Å². The third-order valence-corrected chi connectivity index (χ3v) is 3.98. The average molecular weight is 335 g/mol. The summed E-state index contributed by atoms with van der Waals surface area (Å²) in [6.07, 6.45) is -3.91. The van der Waals surface area contributed by atoms with Gasteiger partial charge in [-0.1, -0.05) is 6.92 Å². The molecule has 114 valence electrons. The van der Waals surface area contributed by atoms with E-state index in [2.05, 4.69) is 24.6 Å². The van der Waals surface area contributed by atoms with Crippen LogP contribution in [0.1, 0.15) is 25.5 Å².